The molecule has 1 rings (SSSR count). The number of allylic oxidation sites excluding steroid dienone is 2. The van der Waals surface area contributed by atoms with E-state index in [0.29, 0.717) is 5.03 Å². The van der Waals surface area contributed by atoms with Gasteiger partial charge in [0.05, 0.1) is 11.5 Å². The number of aryl methyl sites for hydroxylation is 1. The highest BCUT2D eigenvalue weighted by molar-refractivity contribution is 6.48. The first-order valence-corrected chi connectivity index (χ1v) is 5.18. The summed E-state index contributed by atoms with van der Waals surface area (Å²) in [7, 11) is 0. The van der Waals surface area contributed by atoms with Crippen LogP contribution < -0.4 is 5.11 Å². The van der Waals surface area contributed by atoms with E-state index in [1.54, 1.807) is 0 Å². The monoisotopic (exact) mass is 246 g/mol. The van der Waals surface area contributed by atoms with Crippen molar-refractivity contribution in [2.45, 2.75) is 6.92 Å². The van der Waals surface area contributed by atoms with Gasteiger partial charge in [0.25, 0.3) is 0 Å². The molecule has 0 saturated carbocycles. The van der Waals surface area contributed by atoms with E-state index in [4.69, 9.17) is 16.9 Å². The summed E-state index contributed by atoms with van der Waals surface area (Å²) in [5.41, 5.74) is 1.39. The highest BCUT2D eigenvalue weighted by atomic mass is 35.5. The van der Waals surface area contributed by atoms with E-state index in [1.165, 1.54) is 12.1 Å². The number of halogens is 1. The fourth-order valence-electron chi connectivity index (χ4n) is 1.12. The second kappa shape index (κ2) is 5.88. The third kappa shape index (κ3) is 3.78. The van der Waals surface area contributed by atoms with Crippen molar-refractivity contribution in [3.63, 3.8) is 0 Å². The molecule has 17 heavy (non-hydrogen) atoms. The molecule has 0 radical (unpaired) electrons. The smallest absolute Gasteiger partial charge is 0.101 e. The quantitative estimate of drug-likeness (QED) is 0.464. The normalized spacial score (nSPS) is 12.1. The Morgan fingerprint density at radius 2 is 1.94 bits per heavy atom. The van der Waals surface area contributed by atoms with E-state index in [1.807, 2.05) is 31.2 Å². The number of carbonyl (C=O) groups excluding carboxylic acids is 1. The minimum Gasteiger partial charge on any atom is -0.544 e. The van der Waals surface area contributed by atoms with Crippen LogP contribution in [0.4, 0.5) is 0 Å². The van der Waals surface area contributed by atoms with Gasteiger partial charge < -0.3 is 9.90 Å². The van der Waals surface area contributed by atoms with Crippen LogP contribution in [-0.2, 0) is 4.79 Å². The topological polar surface area (TPSA) is 63.9 Å². The molecule has 0 fully saturated rings. The molecule has 0 aliphatic rings. The van der Waals surface area contributed by atoms with Crippen LogP contribution in [0.3, 0.4) is 0 Å². The van der Waals surface area contributed by atoms with Gasteiger partial charge in [-0.25, -0.2) is 0 Å². The molecule has 3 nitrogen and oxygen atoms in total. The largest absolute Gasteiger partial charge is 0.544 e. The van der Waals surface area contributed by atoms with Crippen LogP contribution in [0.15, 0.2) is 42.0 Å². The number of rotatable bonds is 3. The molecule has 0 atom stereocenters. The molecule has 0 saturated heterocycles. The number of benzene rings is 1. The first-order valence-electron chi connectivity index (χ1n) is 4.80. The molecule has 0 heterocycles. The fraction of sp³-hybridized carbons (Fsp3) is 0.0769. The highest BCUT2D eigenvalue weighted by Gasteiger charge is 1.98. The molecule has 0 amide bonds. The standard InChI is InChI=1S/C13H10ClNO2/c1-9-2-4-10(5-3-9)12(14)7-6-11(8-15)13(16)17/h2-7H,1H3,(H,16,17)/p-1/b11-6+,12-7-. The Bertz CT molecular complexity index is 521. The third-order valence-electron chi connectivity index (χ3n) is 2.06. The maximum atomic E-state index is 10.4. The molecule has 0 aliphatic heterocycles. The molecule has 0 spiro atoms. The lowest BCUT2D eigenvalue weighted by Crippen LogP contribution is -2.23. The van der Waals surface area contributed by atoms with Crippen LogP contribution in [0.25, 0.3) is 5.03 Å². The van der Waals surface area contributed by atoms with Gasteiger partial charge in [-0.3, -0.25) is 0 Å². The van der Waals surface area contributed by atoms with Crippen molar-refractivity contribution in [3.05, 3.63) is 53.1 Å². The van der Waals surface area contributed by atoms with Gasteiger partial charge in [-0.05, 0) is 24.6 Å². The Balaban J connectivity index is 2.98. The molecule has 0 unspecified atom stereocenters. The minimum atomic E-state index is -1.52. The van der Waals surface area contributed by atoms with Crippen molar-refractivity contribution < 1.29 is 9.90 Å². The summed E-state index contributed by atoms with van der Waals surface area (Å²) in [6.45, 7) is 1.95. The van der Waals surface area contributed by atoms with Gasteiger partial charge in [0.2, 0.25) is 0 Å². The van der Waals surface area contributed by atoms with E-state index in [2.05, 4.69) is 0 Å². The molecule has 86 valence electrons. The molecule has 1 aromatic rings. The van der Waals surface area contributed by atoms with Gasteiger partial charge in [0, 0.05) is 5.03 Å². The lowest BCUT2D eigenvalue weighted by molar-refractivity contribution is -0.298. The number of hydrogen-bond acceptors (Lipinski definition) is 3. The van der Waals surface area contributed by atoms with Crippen molar-refractivity contribution in [3.8, 4) is 6.07 Å². The summed E-state index contributed by atoms with van der Waals surface area (Å²) >= 11 is 5.96. The summed E-state index contributed by atoms with van der Waals surface area (Å²) in [5.74, 6) is -1.52. The lowest BCUT2D eigenvalue weighted by atomic mass is 10.1. The molecular weight excluding hydrogens is 238 g/mol. The molecule has 0 bridgehead atoms. The first kappa shape index (κ1) is 13.0. The first-order chi connectivity index (χ1) is 8.04. The minimum absolute atomic E-state index is 0.360. The maximum absolute atomic E-state index is 10.4. The van der Waals surface area contributed by atoms with Gasteiger partial charge in [0.1, 0.15) is 6.07 Å². The van der Waals surface area contributed by atoms with Crippen molar-refractivity contribution in [1.82, 2.24) is 0 Å². The molecule has 1 aromatic carbocycles. The third-order valence-corrected chi connectivity index (χ3v) is 2.41. The molecule has 0 aromatic heterocycles. The number of carboxylic acid groups (broad SMARTS) is 1. The SMILES string of the molecule is Cc1ccc(/C(Cl)=C/C=C(\C#N)C(=O)[O-])cc1. The molecule has 0 N–H and O–H groups in total. The summed E-state index contributed by atoms with van der Waals surface area (Å²) in [6, 6.07) is 8.91. The summed E-state index contributed by atoms with van der Waals surface area (Å²) in [5, 5.41) is 19.3. The van der Waals surface area contributed by atoms with E-state index in [9.17, 15) is 9.90 Å². The zero-order valence-corrected chi connectivity index (χ0v) is 9.86. The van der Waals surface area contributed by atoms with Crippen LogP contribution in [0, 0.1) is 18.3 Å². The second-order valence-corrected chi connectivity index (χ2v) is 3.77. The van der Waals surface area contributed by atoms with E-state index < -0.39 is 11.5 Å². The predicted octanol–water partition coefficient (Wildman–Crippen LogP) is 1.77. The predicted molar refractivity (Wildman–Crippen MR) is 63.7 cm³/mol. The van der Waals surface area contributed by atoms with Gasteiger partial charge in [-0.2, -0.15) is 5.26 Å². The van der Waals surface area contributed by atoms with E-state index >= 15 is 0 Å². The van der Waals surface area contributed by atoms with Crippen LogP contribution in [0.5, 0.6) is 0 Å². The average molecular weight is 247 g/mol. The van der Waals surface area contributed by atoms with Gasteiger partial charge in [0.15, 0.2) is 0 Å². The van der Waals surface area contributed by atoms with Crippen LogP contribution in [0.2, 0.25) is 0 Å². The van der Waals surface area contributed by atoms with Crippen LogP contribution >= 0.6 is 11.6 Å². The number of nitriles is 1. The Morgan fingerprint density at radius 3 is 2.41 bits per heavy atom. The fourth-order valence-corrected chi connectivity index (χ4v) is 1.31. The number of aliphatic carboxylic acids is 1. The van der Waals surface area contributed by atoms with Crippen LogP contribution in [0.1, 0.15) is 11.1 Å². The van der Waals surface area contributed by atoms with Crippen molar-refractivity contribution >= 4 is 22.6 Å². The number of hydrogen-bond donors (Lipinski definition) is 0. The van der Waals surface area contributed by atoms with Crippen molar-refractivity contribution in [2.75, 3.05) is 0 Å². The number of carbonyl (C=O) groups is 1. The van der Waals surface area contributed by atoms with Gasteiger partial charge in [-0.1, -0.05) is 41.4 Å². The van der Waals surface area contributed by atoms with Gasteiger partial charge in [-0.15, -0.1) is 0 Å². The highest BCUT2D eigenvalue weighted by Crippen LogP contribution is 2.19. The zero-order chi connectivity index (χ0) is 12.8. The molecule has 4 heteroatoms. The van der Waals surface area contributed by atoms with Crippen molar-refractivity contribution in [1.29, 1.82) is 5.26 Å². The Morgan fingerprint density at radius 1 is 1.35 bits per heavy atom. The summed E-state index contributed by atoms with van der Waals surface area (Å²) in [6.07, 6.45) is 2.48. The Kier molecular flexibility index (Phi) is 4.50. The zero-order valence-electron chi connectivity index (χ0n) is 9.11. The van der Waals surface area contributed by atoms with Crippen molar-refractivity contribution in [2.24, 2.45) is 0 Å². The second-order valence-electron chi connectivity index (χ2n) is 3.36. The summed E-state index contributed by atoms with van der Waals surface area (Å²) in [4.78, 5) is 10.4. The number of carboxylic acids is 1. The number of nitrogens with zero attached hydrogens (tertiary/aromatic N) is 1. The van der Waals surface area contributed by atoms with E-state index in [0.717, 1.165) is 17.2 Å². The Labute approximate surface area is 104 Å². The summed E-state index contributed by atoms with van der Waals surface area (Å²) < 4.78 is 0. The Hall–Kier alpha value is -2.05. The lowest BCUT2D eigenvalue weighted by Gasteiger charge is -2.00. The maximum Gasteiger partial charge on any atom is 0.101 e. The average Bonchev–Trinajstić information content (AvgIpc) is 2.30. The molecule has 0 aliphatic carbocycles. The van der Waals surface area contributed by atoms with E-state index in [-0.39, 0.29) is 0 Å². The van der Waals surface area contributed by atoms with Crippen LogP contribution in [-0.4, -0.2) is 5.97 Å². The molecular formula is C13H9ClNO2-. The van der Waals surface area contributed by atoms with Gasteiger partial charge >= 0.3 is 0 Å².